The van der Waals surface area contributed by atoms with Gasteiger partial charge in [-0.2, -0.15) is 0 Å². The lowest BCUT2D eigenvalue weighted by molar-refractivity contribution is 0.443. The first-order valence-electron chi connectivity index (χ1n) is 7.89. The molecule has 3 aromatic rings. The average molecular weight is 326 g/mol. The predicted octanol–water partition coefficient (Wildman–Crippen LogP) is 3.85. The quantitative estimate of drug-likeness (QED) is 0.759. The topological polar surface area (TPSA) is 89.6 Å². The molecule has 1 aliphatic carbocycles. The number of hydrogen-bond acceptors (Lipinski definition) is 7. The molecule has 118 valence electrons. The van der Waals surface area contributed by atoms with Crippen LogP contribution in [0.5, 0.6) is 0 Å². The summed E-state index contributed by atoms with van der Waals surface area (Å²) in [4.78, 5) is 17.4. The maximum Gasteiger partial charge on any atom is 0.151 e. The summed E-state index contributed by atoms with van der Waals surface area (Å²) in [5, 5.41) is 4.47. The van der Waals surface area contributed by atoms with Gasteiger partial charge in [0.25, 0.3) is 0 Å². The standard InChI is InChI=1S/C16H18N6S/c17-12-8-13(20-9-19-12)22-15-14-11(6-7-18-15)21-16(23-14)10-4-2-1-3-5-10/h6-10H,1-5H2,(H3,17,18,19,20,22). The van der Waals surface area contributed by atoms with Gasteiger partial charge in [-0.25, -0.2) is 19.9 Å². The van der Waals surface area contributed by atoms with Crippen LogP contribution in [0.4, 0.5) is 17.5 Å². The minimum Gasteiger partial charge on any atom is -0.384 e. The van der Waals surface area contributed by atoms with Gasteiger partial charge in [0.1, 0.15) is 18.0 Å². The smallest absolute Gasteiger partial charge is 0.151 e. The Morgan fingerprint density at radius 1 is 1.13 bits per heavy atom. The zero-order valence-corrected chi connectivity index (χ0v) is 13.5. The first kappa shape index (κ1) is 14.3. The van der Waals surface area contributed by atoms with Gasteiger partial charge in [0.15, 0.2) is 5.82 Å². The third-order valence-corrected chi connectivity index (χ3v) is 5.45. The Kier molecular flexibility index (Phi) is 3.78. The van der Waals surface area contributed by atoms with Gasteiger partial charge in [0, 0.05) is 18.2 Å². The minimum absolute atomic E-state index is 0.432. The van der Waals surface area contributed by atoms with Crippen molar-refractivity contribution >= 4 is 39.0 Å². The highest BCUT2D eigenvalue weighted by Gasteiger charge is 2.20. The lowest BCUT2D eigenvalue weighted by Crippen LogP contribution is -2.03. The molecule has 0 atom stereocenters. The Morgan fingerprint density at radius 2 is 2.00 bits per heavy atom. The number of nitrogens with zero attached hydrogens (tertiary/aromatic N) is 4. The fraction of sp³-hybridized carbons (Fsp3) is 0.375. The van der Waals surface area contributed by atoms with Crippen LogP contribution in [0.2, 0.25) is 0 Å². The molecule has 7 heteroatoms. The average Bonchev–Trinajstić information content (AvgIpc) is 3.01. The Labute approximate surface area is 138 Å². The van der Waals surface area contributed by atoms with Gasteiger partial charge in [-0.05, 0) is 18.9 Å². The van der Waals surface area contributed by atoms with Crippen molar-refractivity contribution in [1.29, 1.82) is 0 Å². The third-order valence-electron chi connectivity index (χ3n) is 4.21. The van der Waals surface area contributed by atoms with E-state index in [0.29, 0.717) is 17.6 Å². The van der Waals surface area contributed by atoms with Gasteiger partial charge in [-0.3, -0.25) is 0 Å². The van der Waals surface area contributed by atoms with Crippen molar-refractivity contribution < 1.29 is 0 Å². The molecule has 23 heavy (non-hydrogen) atoms. The summed E-state index contributed by atoms with van der Waals surface area (Å²) in [5.41, 5.74) is 6.70. The largest absolute Gasteiger partial charge is 0.384 e. The second-order valence-electron chi connectivity index (χ2n) is 5.85. The number of thiazole rings is 1. The normalized spacial score (nSPS) is 15.8. The number of aromatic nitrogens is 4. The van der Waals surface area contributed by atoms with Crippen molar-refractivity contribution in [1.82, 2.24) is 19.9 Å². The molecule has 0 radical (unpaired) electrons. The van der Waals surface area contributed by atoms with Crippen LogP contribution in [-0.4, -0.2) is 19.9 Å². The van der Waals surface area contributed by atoms with Crippen LogP contribution < -0.4 is 11.1 Å². The first-order valence-corrected chi connectivity index (χ1v) is 8.71. The van der Waals surface area contributed by atoms with Crippen molar-refractivity contribution in [2.24, 2.45) is 0 Å². The molecule has 0 bridgehead atoms. The molecular weight excluding hydrogens is 308 g/mol. The molecular formula is C16H18N6S. The van der Waals surface area contributed by atoms with Crippen LogP contribution >= 0.6 is 11.3 Å². The van der Waals surface area contributed by atoms with Crippen LogP contribution in [0.15, 0.2) is 24.7 Å². The van der Waals surface area contributed by atoms with Gasteiger partial charge in [0.2, 0.25) is 0 Å². The molecule has 0 spiro atoms. The van der Waals surface area contributed by atoms with E-state index in [9.17, 15) is 0 Å². The van der Waals surface area contributed by atoms with Crippen molar-refractivity contribution in [2.45, 2.75) is 38.0 Å². The summed E-state index contributed by atoms with van der Waals surface area (Å²) in [6, 6.07) is 3.67. The molecule has 1 saturated carbocycles. The van der Waals surface area contributed by atoms with Gasteiger partial charge in [0.05, 0.1) is 15.2 Å². The second-order valence-corrected chi connectivity index (χ2v) is 6.88. The highest BCUT2D eigenvalue weighted by Crippen LogP contribution is 2.38. The van der Waals surface area contributed by atoms with E-state index in [1.165, 1.54) is 43.4 Å². The molecule has 0 saturated heterocycles. The third kappa shape index (κ3) is 2.96. The second kappa shape index (κ2) is 6.08. The first-order chi connectivity index (χ1) is 11.3. The van der Waals surface area contributed by atoms with Crippen molar-refractivity contribution in [3.05, 3.63) is 29.7 Å². The minimum atomic E-state index is 0.432. The molecule has 0 aliphatic heterocycles. The monoisotopic (exact) mass is 326 g/mol. The van der Waals surface area contributed by atoms with Crippen LogP contribution in [0.1, 0.15) is 43.0 Å². The molecule has 6 nitrogen and oxygen atoms in total. The molecule has 4 rings (SSSR count). The molecule has 3 heterocycles. The Morgan fingerprint density at radius 3 is 2.83 bits per heavy atom. The molecule has 1 aliphatic rings. The Bertz CT molecular complexity index is 824. The van der Waals surface area contributed by atoms with E-state index in [-0.39, 0.29) is 0 Å². The molecule has 3 aromatic heterocycles. The maximum atomic E-state index is 5.71. The fourth-order valence-electron chi connectivity index (χ4n) is 3.05. The summed E-state index contributed by atoms with van der Waals surface area (Å²) in [7, 11) is 0. The van der Waals surface area contributed by atoms with E-state index >= 15 is 0 Å². The zero-order chi connectivity index (χ0) is 15.6. The maximum absolute atomic E-state index is 5.71. The SMILES string of the molecule is Nc1cc(Nc2nccc3nc(C4CCCCC4)sc23)ncn1. The molecule has 0 unspecified atom stereocenters. The van der Waals surface area contributed by atoms with Gasteiger partial charge in [-0.1, -0.05) is 19.3 Å². The number of rotatable bonds is 3. The zero-order valence-electron chi connectivity index (χ0n) is 12.7. The highest BCUT2D eigenvalue weighted by atomic mass is 32.1. The fourth-order valence-corrected chi connectivity index (χ4v) is 4.22. The lowest BCUT2D eigenvalue weighted by atomic mass is 9.90. The van der Waals surface area contributed by atoms with E-state index in [4.69, 9.17) is 10.7 Å². The van der Waals surface area contributed by atoms with Gasteiger partial charge >= 0.3 is 0 Å². The van der Waals surface area contributed by atoms with E-state index in [2.05, 4.69) is 20.3 Å². The van der Waals surface area contributed by atoms with Crippen molar-refractivity contribution in [3.8, 4) is 0 Å². The molecule has 0 amide bonds. The summed E-state index contributed by atoms with van der Waals surface area (Å²) in [6.45, 7) is 0. The predicted molar refractivity (Wildman–Crippen MR) is 93.0 cm³/mol. The highest BCUT2D eigenvalue weighted by molar-refractivity contribution is 7.19. The van der Waals surface area contributed by atoms with E-state index in [1.807, 2.05) is 6.07 Å². The number of anilines is 3. The number of nitrogens with two attached hydrogens (primary N) is 1. The Hall–Kier alpha value is -2.28. The number of fused-ring (bicyclic) bond motifs is 1. The van der Waals surface area contributed by atoms with Crippen LogP contribution in [-0.2, 0) is 0 Å². The molecule has 0 aromatic carbocycles. The summed E-state index contributed by atoms with van der Waals surface area (Å²) < 4.78 is 1.07. The number of nitrogen functional groups attached to an aromatic ring is 1. The van der Waals surface area contributed by atoms with E-state index in [1.54, 1.807) is 23.6 Å². The number of hydrogen-bond donors (Lipinski definition) is 2. The molecule has 1 fully saturated rings. The van der Waals surface area contributed by atoms with Crippen molar-refractivity contribution in [3.63, 3.8) is 0 Å². The summed E-state index contributed by atoms with van der Waals surface area (Å²) in [6.07, 6.45) is 9.69. The number of pyridine rings is 1. The van der Waals surface area contributed by atoms with Crippen LogP contribution in [0.3, 0.4) is 0 Å². The molecule has 3 N–H and O–H groups in total. The van der Waals surface area contributed by atoms with Gasteiger partial charge < -0.3 is 11.1 Å². The summed E-state index contributed by atoms with van der Waals surface area (Å²) >= 11 is 1.74. The van der Waals surface area contributed by atoms with Crippen molar-refractivity contribution in [2.75, 3.05) is 11.1 Å². The summed E-state index contributed by atoms with van der Waals surface area (Å²) in [5.74, 6) is 2.45. The number of nitrogens with one attached hydrogen (secondary N) is 1. The van der Waals surface area contributed by atoms with Crippen LogP contribution in [0, 0.1) is 0 Å². The lowest BCUT2D eigenvalue weighted by Gasteiger charge is -2.18. The Balaban J connectivity index is 1.68. The van der Waals surface area contributed by atoms with E-state index < -0.39 is 0 Å². The van der Waals surface area contributed by atoms with Crippen LogP contribution in [0.25, 0.3) is 10.2 Å². The van der Waals surface area contributed by atoms with E-state index in [0.717, 1.165) is 16.0 Å². The van der Waals surface area contributed by atoms with Gasteiger partial charge in [-0.15, -0.1) is 11.3 Å².